The molecule has 0 heterocycles. The topological polar surface area (TPSA) is 38.3 Å². The van der Waals surface area contributed by atoms with Crippen molar-refractivity contribution in [3.8, 4) is 0 Å². The highest BCUT2D eigenvalue weighted by atomic mass is 19.4. The molecule has 3 nitrogen and oxygen atoms in total. The summed E-state index contributed by atoms with van der Waals surface area (Å²) in [6.45, 7) is 1.69. The number of benzene rings is 1. The van der Waals surface area contributed by atoms with Crippen LogP contribution in [0.1, 0.15) is 12.5 Å². The van der Waals surface area contributed by atoms with Gasteiger partial charge in [0.15, 0.2) is 0 Å². The molecule has 1 aromatic carbocycles. The van der Waals surface area contributed by atoms with Crippen molar-refractivity contribution in [1.29, 1.82) is 0 Å². The number of nitrogens with one attached hydrogen (secondary N) is 1. The van der Waals surface area contributed by atoms with Gasteiger partial charge in [-0.3, -0.25) is 4.79 Å². The Morgan fingerprint density at radius 3 is 2.67 bits per heavy atom. The first-order valence-corrected chi connectivity index (χ1v) is 5.34. The van der Waals surface area contributed by atoms with Crippen LogP contribution in [-0.2, 0) is 9.53 Å². The van der Waals surface area contributed by atoms with Gasteiger partial charge < -0.3 is 10.1 Å². The van der Waals surface area contributed by atoms with Crippen LogP contribution in [-0.4, -0.2) is 24.8 Å². The fourth-order valence-corrected chi connectivity index (χ4v) is 1.26. The second-order valence-corrected chi connectivity index (χ2v) is 3.93. The maximum atomic E-state index is 11.9. The summed E-state index contributed by atoms with van der Waals surface area (Å²) in [5, 5.41) is 2.49. The number of anilines is 1. The van der Waals surface area contributed by atoms with Crippen LogP contribution < -0.4 is 5.32 Å². The van der Waals surface area contributed by atoms with Crippen LogP contribution in [0.25, 0.3) is 0 Å². The third-order valence-electron chi connectivity index (χ3n) is 2.15. The van der Waals surface area contributed by atoms with E-state index in [0.29, 0.717) is 5.69 Å². The zero-order valence-electron chi connectivity index (χ0n) is 10.0. The van der Waals surface area contributed by atoms with Crippen molar-refractivity contribution in [2.75, 3.05) is 11.9 Å². The molecule has 0 aromatic heterocycles. The van der Waals surface area contributed by atoms with Gasteiger partial charge in [0.2, 0.25) is 0 Å². The van der Waals surface area contributed by atoms with E-state index in [4.69, 9.17) is 0 Å². The van der Waals surface area contributed by atoms with Gasteiger partial charge in [0.1, 0.15) is 12.7 Å². The Balaban J connectivity index is 2.50. The molecule has 0 fully saturated rings. The summed E-state index contributed by atoms with van der Waals surface area (Å²) in [5.41, 5.74) is 1.47. The molecule has 1 rings (SSSR count). The number of hydrogen-bond donors (Lipinski definition) is 1. The van der Waals surface area contributed by atoms with Gasteiger partial charge in [-0.25, -0.2) is 0 Å². The SMILES string of the molecule is Cc1cccc(NC(=O)[C@H](C)OCC(F)(F)F)c1. The van der Waals surface area contributed by atoms with E-state index in [1.165, 1.54) is 6.92 Å². The predicted molar refractivity (Wildman–Crippen MR) is 61.3 cm³/mol. The van der Waals surface area contributed by atoms with E-state index in [1.807, 2.05) is 13.0 Å². The van der Waals surface area contributed by atoms with Gasteiger partial charge in [0.25, 0.3) is 5.91 Å². The third kappa shape index (κ3) is 5.18. The first-order chi connectivity index (χ1) is 8.28. The Kier molecular flexibility index (Phi) is 4.72. The normalized spacial score (nSPS) is 13.2. The van der Waals surface area contributed by atoms with Gasteiger partial charge in [0.05, 0.1) is 0 Å². The zero-order valence-corrected chi connectivity index (χ0v) is 10.0. The quantitative estimate of drug-likeness (QED) is 0.905. The van der Waals surface area contributed by atoms with Crippen LogP contribution >= 0.6 is 0 Å². The van der Waals surface area contributed by atoms with E-state index in [0.717, 1.165) is 5.56 Å². The highest BCUT2D eigenvalue weighted by Crippen LogP contribution is 2.16. The van der Waals surface area contributed by atoms with Gasteiger partial charge in [-0.2, -0.15) is 13.2 Å². The fourth-order valence-electron chi connectivity index (χ4n) is 1.26. The average Bonchev–Trinajstić information content (AvgIpc) is 2.24. The first-order valence-electron chi connectivity index (χ1n) is 5.34. The molecule has 1 atom stereocenters. The number of carbonyl (C=O) groups excluding carboxylic acids is 1. The number of amides is 1. The van der Waals surface area contributed by atoms with Crippen molar-refractivity contribution in [3.05, 3.63) is 29.8 Å². The molecule has 0 radical (unpaired) electrons. The van der Waals surface area contributed by atoms with Gasteiger partial charge in [0, 0.05) is 5.69 Å². The molecule has 0 spiro atoms. The summed E-state index contributed by atoms with van der Waals surface area (Å²) in [6.07, 6.45) is -5.59. The fraction of sp³-hybridized carbons (Fsp3) is 0.417. The maximum absolute atomic E-state index is 11.9. The number of aryl methyl sites for hydroxylation is 1. The lowest BCUT2D eigenvalue weighted by Crippen LogP contribution is -2.31. The molecule has 0 unspecified atom stereocenters. The second-order valence-electron chi connectivity index (χ2n) is 3.93. The van der Waals surface area contributed by atoms with E-state index in [2.05, 4.69) is 10.1 Å². The van der Waals surface area contributed by atoms with Crippen LogP contribution in [0.2, 0.25) is 0 Å². The Morgan fingerprint density at radius 1 is 1.44 bits per heavy atom. The van der Waals surface area contributed by atoms with Crippen molar-refractivity contribution in [2.45, 2.75) is 26.1 Å². The molecule has 0 aliphatic rings. The van der Waals surface area contributed by atoms with E-state index in [9.17, 15) is 18.0 Å². The lowest BCUT2D eigenvalue weighted by Gasteiger charge is -2.14. The highest BCUT2D eigenvalue weighted by Gasteiger charge is 2.29. The Labute approximate surface area is 103 Å². The van der Waals surface area contributed by atoms with E-state index in [-0.39, 0.29) is 0 Å². The molecular weight excluding hydrogens is 247 g/mol. The summed E-state index contributed by atoms with van der Waals surface area (Å²) < 4.78 is 40.1. The van der Waals surface area contributed by atoms with Crippen LogP contribution in [0.15, 0.2) is 24.3 Å². The standard InChI is InChI=1S/C12H14F3NO2/c1-8-4-3-5-10(6-8)16-11(17)9(2)18-7-12(13,14)15/h3-6,9H,7H2,1-2H3,(H,16,17)/t9-/m0/s1. The lowest BCUT2D eigenvalue weighted by atomic mass is 10.2. The van der Waals surface area contributed by atoms with Crippen LogP contribution in [0.4, 0.5) is 18.9 Å². The number of carbonyl (C=O) groups is 1. The summed E-state index contributed by atoms with van der Waals surface area (Å²) in [4.78, 5) is 11.5. The Hall–Kier alpha value is -1.56. The predicted octanol–water partition coefficient (Wildman–Crippen LogP) is 2.90. The number of rotatable bonds is 4. The summed E-state index contributed by atoms with van der Waals surface area (Å²) >= 11 is 0. The van der Waals surface area contributed by atoms with Crippen molar-refractivity contribution >= 4 is 11.6 Å². The molecular formula is C12H14F3NO2. The number of halogens is 3. The van der Waals surface area contributed by atoms with Crippen molar-refractivity contribution < 1.29 is 22.7 Å². The van der Waals surface area contributed by atoms with Crippen molar-refractivity contribution in [3.63, 3.8) is 0 Å². The van der Waals surface area contributed by atoms with Crippen LogP contribution in [0.3, 0.4) is 0 Å². The van der Waals surface area contributed by atoms with Gasteiger partial charge in [-0.05, 0) is 31.5 Å². The molecule has 100 valence electrons. The van der Waals surface area contributed by atoms with Crippen molar-refractivity contribution in [2.24, 2.45) is 0 Å². The number of hydrogen-bond acceptors (Lipinski definition) is 2. The molecule has 0 saturated heterocycles. The molecule has 0 aliphatic heterocycles. The second kappa shape index (κ2) is 5.86. The molecule has 0 saturated carbocycles. The summed E-state index contributed by atoms with van der Waals surface area (Å²) in [5.74, 6) is -0.607. The van der Waals surface area contributed by atoms with E-state index in [1.54, 1.807) is 18.2 Å². The molecule has 6 heteroatoms. The number of alkyl halides is 3. The average molecular weight is 261 g/mol. The monoisotopic (exact) mass is 261 g/mol. The van der Waals surface area contributed by atoms with E-state index < -0.39 is 24.8 Å². The van der Waals surface area contributed by atoms with Gasteiger partial charge >= 0.3 is 6.18 Å². The molecule has 1 amide bonds. The van der Waals surface area contributed by atoms with Gasteiger partial charge in [-0.15, -0.1) is 0 Å². The summed E-state index contributed by atoms with van der Waals surface area (Å²) in [6, 6.07) is 6.96. The van der Waals surface area contributed by atoms with E-state index >= 15 is 0 Å². The minimum absolute atomic E-state index is 0.530. The van der Waals surface area contributed by atoms with Crippen LogP contribution in [0.5, 0.6) is 0 Å². The Morgan fingerprint density at radius 2 is 2.11 bits per heavy atom. The lowest BCUT2D eigenvalue weighted by molar-refractivity contribution is -0.184. The van der Waals surface area contributed by atoms with Gasteiger partial charge in [-0.1, -0.05) is 12.1 Å². The molecule has 1 aromatic rings. The molecule has 18 heavy (non-hydrogen) atoms. The molecule has 1 N–H and O–H groups in total. The first kappa shape index (κ1) is 14.5. The molecule has 0 aliphatic carbocycles. The smallest absolute Gasteiger partial charge is 0.359 e. The molecule has 0 bridgehead atoms. The number of ether oxygens (including phenoxy) is 1. The van der Waals surface area contributed by atoms with Crippen molar-refractivity contribution in [1.82, 2.24) is 0 Å². The minimum atomic E-state index is -4.43. The highest BCUT2D eigenvalue weighted by molar-refractivity contribution is 5.93. The summed E-state index contributed by atoms with van der Waals surface area (Å²) in [7, 11) is 0. The zero-order chi connectivity index (χ0) is 13.8. The Bertz CT molecular complexity index is 418. The maximum Gasteiger partial charge on any atom is 0.411 e. The van der Waals surface area contributed by atoms with Crippen LogP contribution in [0, 0.1) is 6.92 Å². The third-order valence-corrected chi connectivity index (χ3v) is 2.15. The largest absolute Gasteiger partial charge is 0.411 e. The minimum Gasteiger partial charge on any atom is -0.359 e.